The van der Waals surface area contributed by atoms with Crippen molar-refractivity contribution in [3.63, 3.8) is 0 Å². The van der Waals surface area contributed by atoms with E-state index in [0.717, 1.165) is 6.26 Å². The summed E-state index contributed by atoms with van der Waals surface area (Å²) in [4.78, 5) is 48.7. The maximum Gasteiger partial charge on any atom is 0.342 e. The summed E-state index contributed by atoms with van der Waals surface area (Å²) in [5.41, 5.74) is 0.648. The normalized spacial score (nSPS) is 14.0. The smallest absolute Gasteiger partial charge is 0.342 e. The van der Waals surface area contributed by atoms with Gasteiger partial charge in [-0.2, -0.15) is 0 Å². The SMILES string of the molecule is COC(=O)/C=C/N1C=CC(/C(=C\OC(=O)c2cccc(C(C)=O)c2)C(=O)OC)C=C1. The number of Topliss-reactive ketones (excluding diaryl/α,β-unsaturated/α-hetero) is 1. The van der Waals surface area contributed by atoms with Crippen LogP contribution in [0.4, 0.5) is 0 Å². The van der Waals surface area contributed by atoms with Crippen LogP contribution in [0.2, 0.25) is 0 Å². The second-order valence-corrected chi connectivity index (χ2v) is 6.10. The third kappa shape index (κ3) is 6.03. The molecule has 1 aromatic rings. The van der Waals surface area contributed by atoms with Gasteiger partial charge in [-0.3, -0.25) is 4.79 Å². The fraction of sp³-hybridized carbons (Fsp3) is 0.182. The zero-order chi connectivity index (χ0) is 22.1. The van der Waals surface area contributed by atoms with E-state index in [1.54, 1.807) is 41.6 Å². The highest BCUT2D eigenvalue weighted by Gasteiger charge is 2.21. The van der Waals surface area contributed by atoms with Gasteiger partial charge < -0.3 is 19.1 Å². The summed E-state index contributed by atoms with van der Waals surface area (Å²) in [7, 11) is 2.49. The van der Waals surface area contributed by atoms with Gasteiger partial charge in [-0.1, -0.05) is 24.3 Å². The van der Waals surface area contributed by atoms with Crippen LogP contribution in [-0.2, 0) is 23.8 Å². The van der Waals surface area contributed by atoms with E-state index in [2.05, 4.69) is 4.74 Å². The zero-order valence-electron chi connectivity index (χ0n) is 16.7. The Morgan fingerprint density at radius 2 is 1.67 bits per heavy atom. The molecule has 0 N–H and O–H groups in total. The molecule has 0 spiro atoms. The summed E-state index contributed by atoms with van der Waals surface area (Å²) >= 11 is 0. The van der Waals surface area contributed by atoms with Gasteiger partial charge in [-0.25, -0.2) is 14.4 Å². The van der Waals surface area contributed by atoms with Crippen molar-refractivity contribution in [3.05, 3.63) is 84.1 Å². The van der Waals surface area contributed by atoms with Crippen molar-refractivity contribution in [2.45, 2.75) is 6.92 Å². The average molecular weight is 411 g/mol. The van der Waals surface area contributed by atoms with Crippen LogP contribution in [-0.4, -0.2) is 42.8 Å². The number of rotatable bonds is 7. The zero-order valence-corrected chi connectivity index (χ0v) is 16.7. The number of allylic oxidation sites excluding steroid dienone is 2. The molecule has 1 aliphatic rings. The van der Waals surface area contributed by atoms with Gasteiger partial charge in [0.05, 0.1) is 25.4 Å². The van der Waals surface area contributed by atoms with Crippen molar-refractivity contribution in [2.24, 2.45) is 5.92 Å². The van der Waals surface area contributed by atoms with E-state index in [-0.39, 0.29) is 16.9 Å². The molecule has 8 nitrogen and oxygen atoms in total. The van der Waals surface area contributed by atoms with Crippen LogP contribution in [0.15, 0.2) is 72.9 Å². The summed E-state index contributed by atoms with van der Waals surface area (Å²) in [6.07, 6.45) is 10.3. The van der Waals surface area contributed by atoms with Crippen LogP contribution in [0.25, 0.3) is 0 Å². The lowest BCUT2D eigenvalue weighted by molar-refractivity contribution is -0.136. The number of carbonyl (C=O) groups excluding carboxylic acids is 4. The van der Waals surface area contributed by atoms with Crippen molar-refractivity contribution >= 4 is 23.7 Å². The Bertz CT molecular complexity index is 942. The molecule has 1 heterocycles. The third-order valence-electron chi connectivity index (χ3n) is 4.09. The first-order valence-corrected chi connectivity index (χ1v) is 8.86. The lowest BCUT2D eigenvalue weighted by atomic mass is 9.98. The largest absolute Gasteiger partial charge is 0.466 e. The Labute approximate surface area is 173 Å². The predicted octanol–water partition coefficient (Wildman–Crippen LogP) is 2.75. The lowest BCUT2D eigenvalue weighted by Gasteiger charge is -2.19. The molecule has 0 fully saturated rings. The van der Waals surface area contributed by atoms with E-state index in [9.17, 15) is 19.2 Å². The molecule has 0 radical (unpaired) electrons. The number of benzene rings is 1. The second-order valence-electron chi connectivity index (χ2n) is 6.10. The molecule has 0 aromatic heterocycles. The Morgan fingerprint density at radius 3 is 2.27 bits per heavy atom. The van der Waals surface area contributed by atoms with E-state index in [1.165, 1.54) is 45.6 Å². The quantitative estimate of drug-likeness (QED) is 0.222. The van der Waals surface area contributed by atoms with Crippen LogP contribution in [0, 0.1) is 5.92 Å². The number of hydrogen-bond donors (Lipinski definition) is 0. The molecular weight excluding hydrogens is 390 g/mol. The minimum Gasteiger partial charge on any atom is -0.466 e. The molecule has 0 saturated carbocycles. The number of nitrogens with zero attached hydrogens (tertiary/aromatic N) is 1. The predicted molar refractivity (Wildman–Crippen MR) is 107 cm³/mol. The monoisotopic (exact) mass is 411 g/mol. The van der Waals surface area contributed by atoms with Gasteiger partial charge in [-0.05, 0) is 19.1 Å². The molecule has 1 aromatic carbocycles. The van der Waals surface area contributed by atoms with Crippen molar-refractivity contribution < 1.29 is 33.4 Å². The molecule has 156 valence electrons. The topological polar surface area (TPSA) is 99.2 Å². The minimum absolute atomic E-state index is 0.0951. The Hall–Kier alpha value is -3.94. The van der Waals surface area contributed by atoms with Gasteiger partial charge >= 0.3 is 17.9 Å². The Balaban J connectivity index is 2.15. The molecule has 2 rings (SSSR count). The standard InChI is InChI=1S/C22H21NO7/c1-15(24)17-5-4-6-18(13-17)21(26)30-14-19(22(27)29-3)16-7-10-23(11-8-16)12-9-20(25)28-2/h4-14,16H,1-3H3/b12-9+,19-14+. The van der Waals surface area contributed by atoms with Gasteiger partial charge in [0.1, 0.15) is 6.26 Å². The molecule has 0 bridgehead atoms. The minimum atomic E-state index is -0.717. The van der Waals surface area contributed by atoms with Gasteiger partial charge in [0.15, 0.2) is 5.78 Å². The van der Waals surface area contributed by atoms with Crippen molar-refractivity contribution in [2.75, 3.05) is 14.2 Å². The van der Waals surface area contributed by atoms with E-state index in [4.69, 9.17) is 9.47 Å². The summed E-state index contributed by atoms with van der Waals surface area (Å²) in [5.74, 6) is -2.59. The summed E-state index contributed by atoms with van der Waals surface area (Å²) in [5, 5.41) is 0. The molecule has 0 atom stereocenters. The number of esters is 3. The summed E-state index contributed by atoms with van der Waals surface area (Å²) in [6, 6.07) is 6.09. The first kappa shape index (κ1) is 22.4. The van der Waals surface area contributed by atoms with Crippen LogP contribution in [0.5, 0.6) is 0 Å². The molecule has 0 unspecified atom stereocenters. The summed E-state index contributed by atoms with van der Waals surface area (Å²) < 4.78 is 14.4. The van der Waals surface area contributed by atoms with Crippen LogP contribution < -0.4 is 0 Å². The number of carbonyl (C=O) groups is 4. The van der Waals surface area contributed by atoms with E-state index >= 15 is 0 Å². The van der Waals surface area contributed by atoms with Crippen molar-refractivity contribution in [1.29, 1.82) is 0 Å². The Morgan fingerprint density at radius 1 is 1.00 bits per heavy atom. The first-order chi connectivity index (χ1) is 14.3. The molecule has 1 aliphatic heterocycles. The highest BCUT2D eigenvalue weighted by atomic mass is 16.5. The van der Waals surface area contributed by atoms with Gasteiger partial charge in [-0.15, -0.1) is 0 Å². The maximum absolute atomic E-state index is 12.3. The van der Waals surface area contributed by atoms with E-state index in [1.807, 2.05) is 0 Å². The van der Waals surface area contributed by atoms with Crippen LogP contribution in [0.1, 0.15) is 27.6 Å². The highest BCUT2D eigenvalue weighted by Crippen LogP contribution is 2.21. The third-order valence-corrected chi connectivity index (χ3v) is 4.09. The van der Waals surface area contributed by atoms with Gasteiger partial charge in [0.25, 0.3) is 0 Å². The van der Waals surface area contributed by atoms with Crippen LogP contribution in [0.3, 0.4) is 0 Å². The molecule has 8 heteroatoms. The second kappa shape index (κ2) is 10.6. The Kier molecular flexibility index (Phi) is 7.87. The van der Waals surface area contributed by atoms with Gasteiger partial charge in [0.2, 0.25) is 0 Å². The molecule has 0 amide bonds. The fourth-order valence-corrected chi connectivity index (χ4v) is 2.45. The van der Waals surface area contributed by atoms with Gasteiger partial charge in [0, 0.05) is 36.2 Å². The molecule has 0 aliphatic carbocycles. The molecule has 0 saturated heterocycles. The fourth-order valence-electron chi connectivity index (χ4n) is 2.45. The summed E-state index contributed by atoms with van der Waals surface area (Å²) in [6.45, 7) is 1.39. The lowest BCUT2D eigenvalue weighted by Crippen LogP contribution is -2.17. The highest BCUT2D eigenvalue weighted by molar-refractivity contribution is 5.98. The maximum atomic E-state index is 12.3. The molecular formula is C22H21NO7. The molecule has 30 heavy (non-hydrogen) atoms. The van der Waals surface area contributed by atoms with E-state index in [0.29, 0.717) is 5.56 Å². The average Bonchev–Trinajstić information content (AvgIpc) is 2.77. The van der Waals surface area contributed by atoms with Crippen molar-refractivity contribution in [3.8, 4) is 0 Å². The number of hydrogen-bond acceptors (Lipinski definition) is 8. The van der Waals surface area contributed by atoms with Crippen molar-refractivity contribution in [1.82, 2.24) is 4.90 Å². The van der Waals surface area contributed by atoms with E-state index < -0.39 is 23.8 Å². The number of ether oxygens (including phenoxy) is 3. The van der Waals surface area contributed by atoms with Crippen LogP contribution >= 0.6 is 0 Å². The number of ketones is 1. The first-order valence-electron chi connectivity index (χ1n) is 8.86. The number of methoxy groups -OCH3 is 2.